The van der Waals surface area contributed by atoms with Gasteiger partial charge in [-0.15, -0.1) is 23.2 Å². The minimum Gasteiger partial charge on any atom is -0.292 e. The third kappa shape index (κ3) is 1.42. The SMILES string of the molecule is O=C1c2ccccc2C(=O)[C@@]2(Cl)C=C(c3ccccc3)[C@@]12Cl. The van der Waals surface area contributed by atoms with Gasteiger partial charge in [-0.1, -0.05) is 54.6 Å². The second kappa shape index (κ2) is 4.31. The first-order valence-corrected chi connectivity index (χ1v) is 7.61. The molecule has 0 radical (unpaired) electrons. The van der Waals surface area contributed by atoms with Crippen LogP contribution in [0.4, 0.5) is 0 Å². The van der Waals surface area contributed by atoms with Crippen LogP contribution in [0.2, 0.25) is 0 Å². The Morgan fingerprint density at radius 1 is 0.727 bits per heavy atom. The minimum atomic E-state index is -1.54. The second-order valence-electron chi connectivity index (χ2n) is 5.50. The number of hydrogen-bond acceptors (Lipinski definition) is 2. The lowest BCUT2D eigenvalue weighted by Gasteiger charge is -2.50. The molecule has 4 heteroatoms. The molecular formula is C18H10Cl2O2. The topological polar surface area (TPSA) is 34.1 Å². The fourth-order valence-corrected chi connectivity index (χ4v) is 3.99. The first-order chi connectivity index (χ1) is 10.5. The molecule has 0 unspecified atom stereocenters. The molecule has 0 saturated carbocycles. The van der Waals surface area contributed by atoms with Gasteiger partial charge >= 0.3 is 0 Å². The van der Waals surface area contributed by atoms with E-state index in [0.29, 0.717) is 16.7 Å². The third-order valence-electron chi connectivity index (χ3n) is 4.36. The second-order valence-corrected chi connectivity index (χ2v) is 6.66. The highest BCUT2D eigenvalue weighted by Gasteiger charge is 2.69. The van der Waals surface area contributed by atoms with E-state index in [2.05, 4.69) is 0 Å². The number of carbonyl (C=O) groups is 2. The van der Waals surface area contributed by atoms with Crippen molar-refractivity contribution in [3.8, 4) is 0 Å². The molecule has 0 aliphatic heterocycles. The van der Waals surface area contributed by atoms with Crippen molar-refractivity contribution in [1.82, 2.24) is 0 Å². The van der Waals surface area contributed by atoms with Crippen molar-refractivity contribution < 1.29 is 9.59 Å². The summed E-state index contributed by atoms with van der Waals surface area (Å²) in [5.41, 5.74) is 2.06. The van der Waals surface area contributed by atoms with E-state index in [1.807, 2.05) is 30.3 Å². The normalized spacial score (nSPS) is 29.3. The summed E-state index contributed by atoms with van der Waals surface area (Å²) in [5, 5.41) is 0. The predicted molar refractivity (Wildman–Crippen MR) is 86.7 cm³/mol. The third-order valence-corrected chi connectivity index (χ3v) is 5.69. The van der Waals surface area contributed by atoms with Crippen LogP contribution < -0.4 is 0 Å². The van der Waals surface area contributed by atoms with Crippen LogP contribution in [0.3, 0.4) is 0 Å². The number of rotatable bonds is 1. The van der Waals surface area contributed by atoms with E-state index in [4.69, 9.17) is 23.2 Å². The molecule has 0 amide bonds. The van der Waals surface area contributed by atoms with Gasteiger partial charge in [0.1, 0.15) is 0 Å². The maximum Gasteiger partial charge on any atom is 0.191 e. The minimum absolute atomic E-state index is 0.319. The average molecular weight is 329 g/mol. The molecular weight excluding hydrogens is 319 g/mol. The van der Waals surface area contributed by atoms with Gasteiger partial charge in [-0.2, -0.15) is 0 Å². The molecule has 0 N–H and O–H groups in total. The number of ketones is 2. The van der Waals surface area contributed by atoms with E-state index in [-0.39, 0.29) is 11.6 Å². The van der Waals surface area contributed by atoms with Gasteiger partial charge in [-0.05, 0) is 17.2 Å². The zero-order valence-corrected chi connectivity index (χ0v) is 12.9. The van der Waals surface area contributed by atoms with E-state index in [1.54, 1.807) is 30.3 Å². The number of fused-ring (bicyclic) bond motifs is 2. The van der Waals surface area contributed by atoms with Crippen molar-refractivity contribution in [2.75, 3.05) is 0 Å². The Labute approximate surface area is 137 Å². The van der Waals surface area contributed by atoms with Gasteiger partial charge < -0.3 is 0 Å². The summed E-state index contributed by atoms with van der Waals surface area (Å²) in [7, 11) is 0. The molecule has 22 heavy (non-hydrogen) atoms. The molecule has 2 aliphatic rings. The van der Waals surface area contributed by atoms with Crippen LogP contribution in [0.5, 0.6) is 0 Å². The molecule has 0 heterocycles. The van der Waals surface area contributed by atoms with Crippen LogP contribution in [-0.2, 0) is 0 Å². The molecule has 0 fully saturated rings. The monoisotopic (exact) mass is 328 g/mol. The molecule has 2 atom stereocenters. The summed E-state index contributed by atoms with van der Waals surface area (Å²) >= 11 is 13.1. The van der Waals surface area contributed by atoms with Gasteiger partial charge in [0, 0.05) is 11.1 Å². The highest BCUT2D eigenvalue weighted by molar-refractivity contribution is 6.62. The van der Waals surface area contributed by atoms with Gasteiger partial charge in [-0.25, -0.2) is 0 Å². The Morgan fingerprint density at radius 2 is 1.27 bits per heavy atom. The van der Waals surface area contributed by atoms with Crippen molar-refractivity contribution in [3.05, 3.63) is 77.4 Å². The number of alkyl halides is 2. The van der Waals surface area contributed by atoms with Crippen LogP contribution in [-0.4, -0.2) is 21.3 Å². The lowest BCUT2D eigenvalue weighted by Crippen LogP contribution is -2.65. The molecule has 0 saturated heterocycles. The number of carbonyl (C=O) groups excluding carboxylic acids is 2. The number of Topliss-reactive ketones (excluding diaryl/α,β-unsaturated/α-hetero) is 2. The summed E-state index contributed by atoms with van der Waals surface area (Å²) in [6, 6.07) is 16.0. The molecule has 0 bridgehead atoms. The zero-order valence-electron chi connectivity index (χ0n) is 11.3. The van der Waals surface area contributed by atoms with Crippen LogP contribution in [0.25, 0.3) is 5.57 Å². The van der Waals surface area contributed by atoms with Crippen molar-refractivity contribution >= 4 is 40.3 Å². The molecule has 2 nitrogen and oxygen atoms in total. The van der Waals surface area contributed by atoms with Crippen molar-refractivity contribution in [1.29, 1.82) is 0 Å². The number of allylic oxidation sites excluding steroid dienone is 2. The average Bonchev–Trinajstić information content (AvgIpc) is 2.57. The van der Waals surface area contributed by atoms with E-state index < -0.39 is 9.75 Å². The smallest absolute Gasteiger partial charge is 0.191 e. The van der Waals surface area contributed by atoms with Crippen molar-refractivity contribution in [2.45, 2.75) is 9.75 Å². The molecule has 2 aliphatic carbocycles. The Hall–Kier alpha value is -1.90. The van der Waals surface area contributed by atoms with Crippen molar-refractivity contribution in [3.63, 3.8) is 0 Å². The Bertz CT molecular complexity index is 856. The summed E-state index contributed by atoms with van der Waals surface area (Å²) in [5.74, 6) is -0.639. The Balaban J connectivity index is 1.96. The summed E-state index contributed by atoms with van der Waals surface area (Å²) in [4.78, 5) is 22.6. The lowest BCUT2D eigenvalue weighted by molar-refractivity contribution is 0.0830. The predicted octanol–water partition coefficient (Wildman–Crippen LogP) is 4.12. The highest BCUT2D eigenvalue weighted by atomic mass is 35.5. The maximum atomic E-state index is 12.9. The fraction of sp³-hybridized carbons (Fsp3) is 0.111. The first kappa shape index (κ1) is 13.7. The Kier molecular flexibility index (Phi) is 2.69. The van der Waals surface area contributed by atoms with Gasteiger partial charge in [0.15, 0.2) is 21.3 Å². The molecule has 0 spiro atoms. The van der Waals surface area contributed by atoms with Crippen molar-refractivity contribution in [2.24, 2.45) is 0 Å². The summed E-state index contributed by atoms with van der Waals surface area (Å²) < 4.78 is 0. The van der Waals surface area contributed by atoms with Gasteiger partial charge in [0.05, 0.1) is 0 Å². The molecule has 0 aromatic heterocycles. The van der Waals surface area contributed by atoms with Crippen LogP contribution in [0, 0.1) is 0 Å². The number of hydrogen-bond donors (Lipinski definition) is 0. The van der Waals surface area contributed by atoms with Crippen LogP contribution in [0.15, 0.2) is 60.7 Å². The summed E-state index contributed by atoms with van der Waals surface area (Å²) in [6.07, 6.45) is 1.60. The van der Waals surface area contributed by atoms with E-state index >= 15 is 0 Å². The first-order valence-electron chi connectivity index (χ1n) is 6.85. The summed E-state index contributed by atoms with van der Waals surface area (Å²) in [6.45, 7) is 0. The maximum absolute atomic E-state index is 12.9. The number of halogens is 2. The number of benzene rings is 2. The largest absolute Gasteiger partial charge is 0.292 e. The molecule has 108 valence electrons. The highest BCUT2D eigenvalue weighted by Crippen LogP contribution is 2.60. The molecule has 2 aromatic rings. The standard InChI is InChI=1S/C18H10Cl2O2/c19-17-10-14(11-6-2-1-3-7-11)18(17,20)16(22)13-9-5-4-8-12(13)15(17)21/h1-10H/t17-,18+/m0/s1. The molecule has 4 rings (SSSR count). The van der Waals surface area contributed by atoms with Crippen LogP contribution in [0.1, 0.15) is 26.3 Å². The van der Waals surface area contributed by atoms with Gasteiger partial charge in [-0.3, -0.25) is 9.59 Å². The van der Waals surface area contributed by atoms with Gasteiger partial charge in [0.2, 0.25) is 0 Å². The van der Waals surface area contributed by atoms with Gasteiger partial charge in [0.25, 0.3) is 0 Å². The van der Waals surface area contributed by atoms with Crippen LogP contribution >= 0.6 is 23.2 Å². The zero-order chi connectivity index (χ0) is 15.5. The van der Waals surface area contributed by atoms with E-state index in [0.717, 1.165) is 5.56 Å². The quantitative estimate of drug-likeness (QED) is 0.738. The Morgan fingerprint density at radius 3 is 1.91 bits per heavy atom. The van der Waals surface area contributed by atoms with E-state index in [9.17, 15) is 9.59 Å². The lowest BCUT2D eigenvalue weighted by atomic mass is 9.60. The molecule has 2 aromatic carbocycles. The fourth-order valence-electron chi connectivity index (χ4n) is 3.19. The van der Waals surface area contributed by atoms with E-state index in [1.165, 1.54) is 0 Å².